The minimum Gasteiger partial charge on any atom is -0.390 e. The van der Waals surface area contributed by atoms with Crippen LogP contribution in [0.25, 0.3) is 21.9 Å². The summed E-state index contributed by atoms with van der Waals surface area (Å²) in [6.07, 6.45) is 5.65. The maximum Gasteiger partial charge on any atom is 0.146 e. The number of nitrogens with zero attached hydrogens (tertiary/aromatic N) is 4. The molecule has 2 fully saturated rings. The van der Waals surface area contributed by atoms with Gasteiger partial charge in [-0.2, -0.15) is 0 Å². The molecule has 6 atom stereocenters. The molecule has 3 aliphatic rings. The molecule has 4 aromatic rings. The highest BCUT2D eigenvalue weighted by Gasteiger charge is 2.51. The van der Waals surface area contributed by atoms with Crippen molar-refractivity contribution in [3.63, 3.8) is 0 Å². The van der Waals surface area contributed by atoms with Crippen molar-refractivity contribution in [1.82, 2.24) is 19.5 Å². The zero-order chi connectivity index (χ0) is 24.7. The second-order valence-corrected chi connectivity index (χ2v) is 11.6. The van der Waals surface area contributed by atoms with Crippen LogP contribution >= 0.6 is 15.9 Å². The molecule has 0 unspecified atom stereocenters. The third-order valence-corrected chi connectivity index (χ3v) is 9.66. The van der Waals surface area contributed by atoms with Crippen molar-refractivity contribution in [1.29, 1.82) is 0 Å². The van der Waals surface area contributed by atoms with Gasteiger partial charge in [0.25, 0.3) is 0 Å². The Kier molecular flexibility index (Phi) is 5.07. The number of nitrogens with two attached hydrogens (primary N) is 2. The Balaban J connectivity index is 1.22. The van der Waals surface area contributed by atoms with E-state index in [0.717, 1.165) is 64.9 Å². The van der Waals surface area contributed by atoms with Crippen LogP contribution in [0.3, 0.4) is 0 Å². The van der Waals surface area contributed by atoms with Crippen LogP contribution in [0.5, 0.6) is 0 Å². The number of aliphatic hydroxyl groups is 2. The molecule has 36 heavy (non-hydrogen) atoms. The number of hydrogen-bond acceptors (Lipinski definition) is 7. The predicted octanol–water partition coefficient (Wildman–Crippen LogP) is 3.87. The third kappa shape index (κ3) is 3.15. The fourth-order valence-corrected chi connectivity index (χ4v) is 7.53. The number of anilines is 2. The lowest BCUT2D eigenvalue weighted by atomic mass is 9.63. The van der Waals surface area contributed by atoms with Crippen LogP contribution in [0.4, 0.5) is 11.6 Å². The monoisotopic (exact) mass is 548 g/mol. The molecule has 7 rings (SSSR count). The van der Waals surface area contributed by atoms with E-state index < -0.39 is 12.2 Å². The molecule has 2 saturated carbocycles. The lowest BCUT2D eigenvalue weighted by molar-refractivity contribution is -0.0191. The molecule has 0 bridgehead atoms. The van der Waals surface area contributed by atoms with E-state index >= 15 is 0 Å². The summed E-state index contributed by atoms with van der Waals surface area (Å²) < 4.78 is 2.98. The molecule has 8 nitrogen and oxygen atoms in total. The van der Waals surface area contributed by atoms with Gasteiger partial charge in [0.1, 0.15) is 29.7 Å². The Bertz CT molecular complexity index is 1520. The predicted molar refractivity (Wildman–Crippen MR) is 142 cm³/mol. The van der Waals surface area contributed by atoms with Gasteiger partial charge in [0.15, 0.2) is 0 Å². The fraction of sp³-hybridized carbons (Fsp3) is 0.444. The third-order valence-electron chi connectivity index (χ3n) is 9.02. The molecule has 0 radical (unpaired) electrons. The van der Waals surface area contributed by atoms with Crippen molar-refractivity contribution in [2.75, 3.05) is 11.5 Å². The number of rotatable bonds is 3. The van der Waals surface area contributed by atoms with E-state index in [-0.39, 0.29) is 12.0 Å². The Hall–Kier alpha value is -2.75. The molecule has 3 aromatic heterocycles. The Morgan fingerprint density at radius 1 is 0.972 bits per heavy atom. The normalized spacial score (nSPS) is 29.6. The molecule has 9 heteroatoms. The smallest absolute Gasteiger partial charge is 0.146 e. The van der Waals surface area contributed by atoms with E-state index in [1.807, 2.05) is 6.07 Å². The minimum atomic E-state index is -0.844. The number of aromatic nitrogens is 4. The van der Waals surface area contributed by atoms with Gasteiger partial charge >= 0.3 is 0 Å². The summed E-state index contributed by atoms with van der Waals surface area (Å²) in [5.74, 6) is 1.63. The Labute approximate surface area is 216 Å². The van der Waals surface area contributed by atoms with Gasteiger partial charge in [-0.25, -0.2) is 15.0 Å². The number of pyridine rings is 1. The number of aryl methyl sites for hydroxylation is 1. The van der Waals surface area contributed by atoms with E-state index in [0.29, 0.717) is 23.5 Å². The van der Waals surface area contributed by atoms with Crippen LogP contribution in [0.2, 0.25) is 0 Å². The number of aliphatic hydroxyl groups excluding tert-OH is 2. The largest absolute Gasteiger partial charge is 0.390 e. The van der Waals surface area contributed by atoms with Crippen molar-refractivity contribution in [3.8, 4) is 0 Å². The van der Waals surface area contributed by atoms with Gasteiger partial charge in [0, 0.05) is 11.1 Å². The van der Waals surface area contributed by atoms with Crippen LogP contribution in [-0.4, -0.2) is 41.9 Å². The highest BCUT2D eigenvalue weighted by molar-refractivity contribution is 9.10. The average Bonchev–Trinajstić information content (AvgIpc) is 3.49. The summed E-state index contributed by atoms with van der Waals surface area (Å²) in [6.45, 7) is 0. The zero-order valence-corrected chi connectivity index (χ0v) is 21.4. The first-order valence-corrected chi connectivity index (χ1v) is 13.6. The number of benzene rings is 1. The molecular formula is C27H29BrN6O2. The summed E-state index contributed by atoms with van der Waals surface area (Å²) in [4.78, 5) is 13.4. The summed E-state index contributed by atoms with van der Waals surface area (Å²) in [6, 6.07) is 8.18. The first-order valence-electron chi connectivity index (χ1n) is 12.8. The fourth-order valence-electron chi connectivity index (χ4n) is 7.19. The highest BCUT2D eigenvalue weighted by Crippen LogP contribution is 2.54. The van der Waals surface area contributed by atoms with Crippen molar-refractivity contribution >= 4 is 49.5 Å². The summed E-state index contributed by atoms with van der Waals surface area (Å²) >= 11 is 3.46. The second-order valence-electron chi connectivity index (χ2n) is 10.7. The Morgan fingerprint density at radius 3 is 2.64 bits per heavy atom. The van der Waals surface area contributed by atoms with Gasteiger partial charge in [0.2, 0.25) is 0 Å². The van der Waals surface area contributed by atoms with Gasteiger partial charge in [-0.1, -0.05) is 12.1 Å². The van der Waals surface area contributed by atoms with E-state index in [4.69, 9.17) is 11.5 Å². The molecule has 0 spiro atoms. The van der Waals surface area contributed by atoms with Crippen LogP contribution in [0.15, 0.2) is 35.1 Å². The van der Waals surface area contributed by atoms with Crippen LogP contribution in [0.1, 0.15) is 54.5 Å². The zero-order valence-electron chi connectivity index (χ0n) is 19.8. The second kappa shape index (κ2) is 8.13. The lowest BCUT2D eigenvalue weighted by Gasteiger charge is -2.42. The van der Waals surface area contributed by atoms with Crippen LogP contribution in [-0.2, 0) is 12.8 Å². The number of fused-ring (bicyclic) bond motifs is 4. The number of hydrogen-bond donors (Lipinski definition) is 4. The van der Waals surface area contributed by atoms with Crippen molar-refractivity contribution in [2.45, 2.75) is 62.7 Å². The first kappa shape index (κ1) is 22.4. The quantitative estimate of drug-likeness (QED) is 0.305. The molecule has 0 amide bonds. The van der Waals surface area contributed by atoms with Gasteiger partial charge in [-0.15, -0.1) is 0 Å². The van der Waals surface area contributed by atoms with Crippen LogP contribution in [0, 0.1) is 11.8 Å². The molecule has 1 aromatic carbocycles. The van der Waals surface area contributed by atoms with Gasteiger partial charge in [-0.3, -0.25) is 0 Å². The van der Waals surface area contributed by atoms with Gasteiger partial charge in [-0.05, 0) is 95.5 Å². The summed E-state index contributed by atoms with van der Waals surface area (Å²) in [5, 5.41) is 24.6. The van der Waals surface area contributed by atoms with Crippen molar-refractivity contribution in [3.05, 3.63) is 51.9 Å². The SMILES string of the molecule is Nc1nc2cc([C@H]3CC[C@H]3[C@H]3C[C@@H](n4c5c(c6c(N)ncnc64)CCC5)[C@H](O)[C@@H]3O)ccc2cc1Br. The minimum absolute atomic E-state index is 0.0103. The highest BCUT2D eigenvalue weighted by atomic mass is 79.9. The number of nitrogen functional groups attached to an aromatic ring is 2. The van der Waals surface area contributed by atoms with E-state index in [1.165, 1.54) is 23.1 Å². The van der Waals surface area contributed by atoms with Gasteiger partial charge in [0.05, 0.1) is 27.5 Å². The van der Waals surface area contributed by atoms with E-state index in [9.17, 15) is 10.2 Å². The summed E-state index contributed by atoms with van der Waals surface area (Å²) in [7, 11) is 0. The summed E-state index contributed by atoms with van der Waals surface area (Å²) in [5.41, 5.74) is 17.6. The molecule has 0 saturated heterocycles. The topological polar surface area (TPSA) is 136 Å². The van der Waals surface area contributed by atoms with E-state index in [1.54, 1.807) is 0 Å². The molecule has 3 aliphatic carbocycles. The van der Waals surface area contributed by atoms with Crippen molar-refractivity contribution in [2.24, 2.45) is 11.8 Å². The van der Waals surface area contributed by atoms with E-state index in [2.05, 4.69) is 53.6 Å². The molecular weight excluding hydrogens is 520 g/mol. The van der Waals surface area contributed by atoms with Gasteiger partial charge < -0.3 is 26.2 Å². The maximum atomic E-state index is 11.3. The van der Waals surface area contributed by atoms with Crippen molar-refractivity contribution < 1.29 is 10.2 Å². The maximum absolute atomic E-state index is 11.3. The Morgan fingerprint density at radius 2 is 1.83 bits per heavy atom. The first-order chi connectivity index (χ1) is 17.4. The molecule has 3 heterocycles. The standard InChI is InChI=1S/C27H29BrN6O2/c28-18-8-13-5-4-12(9-19(13)33-25(18)29)14-6-7-15(14)17-10-21(24(36)23(17)35)34-20-3-1-2-16(20)22-26(30)31-11-32-27(22)34/h4-5,8-9,11,14-15,17,21,23-24,35-36H,1-3,6-7,10H2,(H2,29,33)(H2,30,31,32)/t14-,15-,17-,21-,23-,24+/m1/s1. The molecule has 6 N–H and O–H groups in total. The molecule has 0 aliphatic heterocycles. The number of halogens is 1. The average molecular weight is 549 g/mol. The lowest BCUT2D eigenvalue weighted by Crippen LogP contribution is -2.38. The molecule has 186 valence electrons. The van der Waals surface area contributed by atoms with Crippen LogP contribution < -0.4 is 11.5 Å².